The van der Waals surface area contributed by atoms with E-state index < -0.39 is 0 Å². The highest BCUT2D eigenvalue weighted by molar-refractivity contribution is 5.89. The van der Waals surface area contributed by atoms with Gasteiger partial charge >= 0.3 is 0 Å². The number of hydrogen-bond donors (Lipinski definition) is 2. The molecule has 3 heterocycles. The maximum Gasteiger partial charge on any atom is 0.142 e. The Bertz CT molecular complexity index is 1090. The molecule has 8 heteroatoms. The molecule has 0 radical (unpaired) electrons. The van der Waals surface area contributed by atoms with E-state index in [0.717, 1.165) is 80.6 Å². The second kappa shape index (κ2) is 13.1. The molecule has 0 amide bonds. The van der Waals surface area contributed by atoms with Crippen LogP contribution in [0.25, 0.3) is 10.9 Å². The molecule has 1 aliphatic rings. The number of methoxy groups -OCH3 is 1. The van der Waals surface area contributed by atoms with E-state index in [-0.39, 0.29) is 6.04 Å². The molecule has 1 aromatic carbocycles. The fourth-order valence-electron chi connectivity index (χ4n) is 4.50. The fraction of sp³-hybridized carbons (Fsp3) is 0.481. The SMILES string of the molecule is COCCN(CCCCc1ccc2c(n1)NCCC2)CC[C@@H](C=O)Nc1ncnc2ccccc12. The van der Waals surface area contributed by atoms with Crippen LogP contribution in [0.15, 0.2) is 42.7 Å². The van der Waals surface area contributed by atoms with E-state index in [0.29, 0.717) is 18.8 Å². The third-order valence-corrected chi connectivity index (χ3v) is 6.51. The van der Waals surface area contributed by atoms with Gasteiger partial charge in [0.1, 0.15) is 24.2 Å². The first-order valence-electron chi connectivity index (χ1n) is 12.6. The zero-order valence-electron chi connectivity index (χ0n) is 20.6. The van der Waals surface area contributed by atoms with Crippen molar-refractivity contribution < 1.29 is 9.53 Å². The number of para-hydroxylation sites is 1. The van der Waals surface area contributed by atoms with Crippen molar-refractivity contribution in [3.8, 4) is 0 Å². The summed E-state index contributed by atoms with van der Waals surface area (Å²) < 4.78 is 5.32. The van der Waals surface area contributed by atoms with E-state index in [1.165, 1.54) is 18.3 Å². The molecule has 0 bridgehead atoms. The van der Waals surface area contributed by atoms with Crippen LogP contribution in [-0.2, 0) is 22.4 Å². The van der Waals surface area contributed by atoms with Crippen LogP contribution in [0.1, 0.15) is 36.9 Å². The smallest absolute Gasteiger partial charge is 0.142 e. The Labute approximate surface area is 207 Å². The number of benzene rings is 1. The average molecular weight is 477 g/mol. The summed E-state index contributed by atoms with van der Waals surface area (Å²) in [5.74, 6) is 1.77. The molecule has 1 atom stereocenters. The minimum absolute atomic E-state index is 0.314. The largest absolute Gasteiger partial charge is 0.383 e. The van der Waals surface area contributed by atoms with Crippen LogP contribution in [0.5, 0.6) is 0 Å². The van der Waals surface area contributed by atoms with Gasteiger partial charge in [0, 0.05) is 37.8 Å². The molecule has 0 aliphatic carbocycles. The number of aryl methyl sites for hydroxylation is 2. The molecule has 1 aliphatic heterocycles. The van der Waals surface area contributed by atoms with Gasteiger partial charge in [0.05, 0.1) is 18.2 Å². The maximum atomic E-state index is 11.8. The summed E-state index contributed by atoms with van der Waals surface area (Å²) >= 11 is 0. The van der Waals surface area contributed by atoms with Gasteiger partial charge in [-0.3, -0.25) is 0 Å². The number of ether oxygens (including phenoxy) is 1. The summed E-state index contributed by atoms with van der Waals surface area (Å²) in [5.41, 5.74) is 3.35. The Balaban J connectivity index is 1.26. The van der Waals surface area contributed by atoms with Crippen molar-refractivity contribution in [1.82, 2.24) is 19.9 Å². The lowest BCUT2D eigenvalue weighted by Crippen LogP contribution is -2.34. The minimum atomic E-state index is -0.314. The number of nitrogens with one attached hydrogen (secondary N) is 2. The number of aromatic nitrogens is 3. The van der Waals surface area contributed by atoms with Crippen LogP contribution < -0.4 is 10.6 Å². The van der Waals surface area contributed by atoms with Crippen molar-refractivity contribution in [1.29, 1.82) is 0 Å². The number of rotatable bonds is 14. The van der Waals surface area contributed by atoms with Gasteiger partial charge in [0.2, 0.25) is 0 Å². The van der Waals surface area contributed by atoms with Gasteiger partial charge in [0.25, 0.3) is 0 Å². The number of pyridine rings is 1. The second-order valence-corrected chi connectivity index (χ2v) is 9.05. The van der Waals surface area contributed by atoms with Gasteiger partial charge in [-0.1, -0.05) is 18.2 Å². The molecule has 4 rings (SSSR count). The Morgan fingerprint density at radius 3 is 2.94 bits per heavy atom. The average Bonchev–Trinajstić information content (AvgIpc) is 2.91. The van der Waals surface area contributed by atoms with E-state index in [9.17, 15) is 4.79 Å². The quantitative estimate of drug-likeness (QED) is 0.269. The van der Waals surface area contributed by atoms with E-state index in [1.54, 1.807) is 7.11 Å². The summed E-state index contributed by atoms with van der Waals surface area (Å²) in [7, 11) is 1.73. The highest BCUT2D eigenvalue weighted by Gasteiger charge is 2.14. The van der Waals surface area contributed by atoms with Crippen LogP contribution in [0, 0.1) is 0 Å². The van der Waals surface area contributed by atoms with Gasteiger partial charge in [-0.25, -0.2) is 15.0 Å². The van der Waals surface area contributed by atoms with Gasteiger partial charge in [-0.2, -0.15) is 0 Å². The molecule has 0 fully saturated rings. The first-order valence-corrected chi connectivity index (χ1v) is 12.6. The zero-order valence-corrected chi connectivity index (χ0v) is 20.6. The monoisotopic (exact) mass is 476 g/mol. The fourth-order valence-corrected chi connectivity index (χ4v) is 4.50. The highest BCUT2D eigenvalue weighted by atomic mass is 16.5. The van der Waals surface area contributed by atoms with Crippen molar-refractivity contribution in [3.63, 3.8) is 0 Å². The van der Waals surface area contributed by atoms with E-state index >= 15 is 0 Å². The normalized spacial score (nSPS) is 13.9. The van der Waals surface area contributed by atoms with Crippen molar-refractivity contribution in [2.45, 2.75) is 44.6 Å². The maximum absolute atomic E-state index is 11.8. The van der Waals surface area contributed by atoms with Crippen LogP contribution in [-0.4, -0.2) is 72.1 Å². The van der Waals surface area contributed by atoms with Crippen LogP contribution in [0.2, 0.25) is 0 Å². The van der Waals surface area contributed by atoms with Crippen molar-refractivity contribution in [2.24, 2.45) is 0 Å². The molecular weight excluding hydrogens is 440 g/mol. The molecule has 2 N–H and O–H groups in total. The molecule has 0 saturated carbocycles. The number of aldehydes is 1. The Morgan fingerprint density at radius 1 is 1.14 bits per heavy atom. The number of unbranched alkanes of at least 4 members (excludes halogenated alkanes) is 1. The lowest BCUT2D eigenvalue weighted by molar-refractivity contribution is -0.108. The third kappa shape index (κ3) is 7.19. The summed E-state index contributed by atoms with van der Waals surface area (Å²) in [6, 6.07) is 11.9. The van der Waals surface area contributed by atoms with Crippen LogP contribution >= 0.6 is 0 Å². The lowest BCUT2D eigenvalue weighted by Gasteiger charge is -2.24. The number of hydrogen-bond acceptors (Lipinski definition) is 8. The van der Waals surface area contributed by atoms with Gasteiger partial charge in [0.15, 0.2) is 0 Å². The Hall–Kier alpha value is -3.10. The first-order chi connectivity index (χ1) is 17.3. The number of carbonyl (C=O) groups is 1. The predicted molar refractivity (Wildman–Crippen MR) is 140 cm³/mol. The standard InChI is InChI=1S/C27H36N6O2/c1-35-18-17-33(15-5-4-8-22-12-11-21-7-6-14-28-26(21)31-22)16-13-23(19-34)32-27-24-9-2-3-10-25(24)29-20-30-27/h2-3,9-12,19-20,23H,4-8,13-18H2,1H3,(H,28,31)(H,29,30,32)/t23-/m0/s1. The summed E-state index contributed by atoms with van der Waals surface area (Å²) in [6.07, 6.45) is 8.64. The topological polar surface area (TPSA) is 92.3 Å². The Kier molecular flexibility index (Phi) is 9.37. The number of anilines is 2. The molecule has 35 heavy (non-hydrogen) atoms. The number of nitrogens with zero attached hydrogens (tertiary/aromatic N) is 4. The van der Waals surface area contributed by atoms with Gasteiger partial charge in [-0.15, -0.1) is 0 Å². The molecule has 2 aromatic heterocycles. The van der Waals surface area contributed by atoms with Crippen LogP contribution in [0.4, 0.5) is 11.6 Å². The minimum Gasteiger partial charge on any atom is -0.383 e. The lowest BCUT2D eigenvalue weighted by atomic mass is 10.1. The van der Waals surface area contributed by atoms with Gasteiger partial charge in [-0.05, 0) is 68.8 Å². The molecule has 186 valence electrons. The summed E-state index contributed by atoms with van der Waals surface area (Å²) in [4.78, 5) is 27.7. The summed E-state index contributed by atoms with van der Waals surface area (Å²) in [6.45, 7) is 4.31. The van der Waals surface area contributed by atoms with E-state index in [4.69, 9.17) is 9.72 Å². The molecular formula is C27H36N6O2. The first kappa shape index (κ1) is 25.0. The number of fused-ring (bicyclic) bond motifs is 2. The molecule has 8 nitrogen and oxygen atoms in total. The third-order valence-electron chi connectivity index (χ3n) is 6.51. The second-order valence-electron chi connectivity index (χ2n) is 9.05. The van der Waals surface area contributed by atoms with E-state index in [2.05, 4.69) is 37.6 Å². The van der Waals surface area contributed by atoms with Crippen molar-refractivity contribution >= 4 is 28.8 Å². The number of carbonyl (C=O) groups excluding carboxylic acids is 1. The Morgan fingerprint density at radius 2 is 2.06 bits per heavy atom. The van der Waals surface area contributed by atoms with Crippen LogP contribution in [0.3, 0.4) is 0 Å². The van der Waals surface area contributed by atoms with E-state index in [1.807, 2.05) is 24.3 Å². The van der Waals surface area contributed by atoms with Crippen molar-refractivity contribution in [2.75, 3.05) is 50.5 Å². The molecule has 0 unspecified atom stereocenters. The van der Waals surface area contributed by atoms with Crippen molar-refractivity contribution in [3.05, 3.63) is 54.0 Å². The molecule has 0 spiro atoms. The van der Waals surface area contributed by atoms with Gasteiger partial charge < -0.3 is 25.1 Å². The predicted octanol–water partition coefficient (Wildman–Crippen LogP) is 3.72. The highest BCUT2D eigenvalue weighted by Crippen LogP contribution is 2.21. The zero-order chi connectivity index (χ0) is 24.3. The summed E-state index contributed by atoms with van der Waals surface area (Å²) in [5, 5.41) is 7.65. The molecule has 0 saturated heterocycles. The molecule has 3 aromatic rings.